The van der Waals surface area contributed by atoms with E-state index in [2.05, 4.69) is 19.6 Å². The van der Waals surface area contributed by atoms with Crippen molar-refractivity contribution >= 4 is 15.0 Å². The average molecular weight is 170 g/mol. The predicted octanol–water partition coefficient (Wildman–Crippen LogP) is 2.67. The molecule has 0 N–H and O–H groups in total. The first kappa shape index (κ1) is 9.33. The third-order valence-corrected chi connectivity index (χ3v) is 5.75. The van der Waals surface area contributed by atoms with Crippen LogP contribution in [0.3, 0.4) is 0 Å². The zero-order chi connectivity index (χ0) is 8.48. The Bertz CT molecular complexity index is 133. The monoisotopic (exact) mass is 170 g/mol. The van der Waals surface area contributed by atoms with E-state index in [4.69, 9.17) is 4.65 Å². The molecule has 0 bridgehead atoms. The summed E-state index contributed by atoms with van der Waals surface area (Å²) in [6.07, 6.45) is 4.09. The molecular formula is C8H19BOSi. The van der Waals surface area contributed by atoms with Crippen LogP contribution in [0.5, 0.6) is 0 Å². The van der Waals surface area contributed by atoms with E-state index in [1.807, 2.05) is 7.11 Å². The van der Waals surface area contributed by atoms with Gasteiger partial charge in [0.2, 0.25) is 0 Å². The standard InChI is InChI=1S/C8H19BOSi/c1-10-9-7-5-6-8(9)11(2,3)4/h8H,5-7H2,1-4H3/t8-/m0/s1. The molecule has 3 heteroatoms. The van der Waals surface area contributed by atoms with Gasteiger partial charge in [-0.25, -0.2) is 0 Å². The molecule has 1 atom stereocenters. The molecular weight excluding hydrogens is 151 g/mol. The van der Waals surface area contributed by atoms with Crippen molar-refractivity contribution in [2.75, 3.05) is 7.11 Å². The van der Waals surface area contributed by atoms with E-state index in [0.717, 1.165) is 5.44 Å². The normalized spacial score (nSPS) is 26.2. The van der Waals surface area contributed by atoms with E-state index in [0.29, 0.717) is 6.92 Å². The van der Waals surface area contributed by atoms with Gasteiger partial charge in [0.1, 0.15) is 0 Å². The van der Waals surface area contributed by atoms with Gasteiger partial charge in [-0.05, 0) is 11.8 Å². The Morgan fingerprint density at radius 1 is 1.36 bits per heavy atom. The highest BCUT2D eigenvalue weighted by molar-refractivity contribution is 6.88. The van der Waals surface area contributed by atoms with Crippen molar-refractivity contribution in [3.8, 4) is 0 Å². The minimum Gasteiger partial charge on any atom is -0.439 e. The van der Waals surface area contributed by atoms with Gasteiger partial charge in [-0.3, -0.25) is 0 Å². The molecule has 1 rings (SSSR count). The molecule has 0 aliphatic carbocycles. The quantitative estimate of drug-likeness (QED) is 0.579. The minimum absolute atomic E-state index is 0.585. The van der Waals surface area contributed by atoms with Crippen LogP contribution in [0.2, 0.25) is 31.4 Å². The topological polar surface area (TPSA) is 9.23 Å². The van der Waals surface area contributed by atoms with Gasteiger partial charge in [0.25, 0.3) is 6.92 Å². The second kappa shape index (κ2) is 3.32. The maximum Gasteiger partial charge on any atom is 0.293 e. The minimum atomic E-state index is -0.933. The largest absolute Gasteiger partial charge is 0.439 e. The summed E-state index contributed by atoms with van der Waals surface area (Å²) in [5, 5.41) is 0. The fraction of sp³-hybridized carbons (Fsp3) is 1.00. The van der Waals surface area contributed by atoms with Crippen LogP contribution >= 0.6 is 0 Å². The highest BCUT2D eigenvalue weighted by Gasteiger charge is 2.40. The van der Waals surface area contributed by atoms with E-state index in [1.54, 1.807) is 0 Å². The highest BCUT2D eigenvalue weighted by atomic mass is 28.3. The Balaban J connectivity index is 2.57. The SMILES string of the molecule is COB1CCC[C@@H]1[Si](C)(C)C. The van der Waals surface area contributed by atoms with Crippen molar-refractivity contribution in [1.29, 1.82) is 0 Å². The van der Waals surface area contributed by atoms with Gasteiger partial charge >= 0.3 is 0 Å². The molecule has 0 amide bonds. The summed E-state index contributed by atoms with van der Waals surface area (Å²) in [6.45, 7) is 7.95. The van der Waals surface area contributed by atoms with Crippen molar-refractivity contribution in [3.05, 3.63) is 0 Å². The van der Waals surface area contributed by atoms with Crippen LogP contribution in [0.15, 0.2) is 0 Å². The molecule has 0 radical (unpaired) electrons. The number of hydrogen-bond donors (Lipinski definition) is 0. The molecule has 1 heterocycles. The lowest BCUT2D eigenvalue weighted by Gasteiger charge is -2.27. The summed E-state index contributed by atoms with van der Waals surface area (Å²) in [4.78, 5) is 0. The van der Waals surface area contributed by atoms with Gasteiger partial charge in [-0.15, -0.1) is 0 Å². The molecule has 1 aliphatic rings. The first-order valence-corrected chi connectivity index (χ1v) is 8.16. The van der Waals surface area contributed by atoms with Crippen LogP contribution in [0.4, 0.5) is 0 Å². The summed E-state index contributed by atoms with van der Waals surface area (Å²) < 4.78 is 5.48. The third kappa shape index (κ3) is 2.09. The summed E-state index contributed by atoms with van der Waals surface area (Å²) in [5.74, 6) is 0. The first-order valence-electron chi connectivity index (χ1n) is 4.58. The molecule has 64 valence electrons. The molecule has 1 fully saturated rings. The van der Waals surface area contributed by atoms with Crippen LogP contribution in [0.25, 0.3) is 0 Å². The molecule has 0 saturated carbocycles. The van der Waals surface area contributed by atoms with Gasteiger partial charge in [0, 0.05) is 15.2 Å². The zero-order valence-corrected chi connectivity index (χ0v) is 9.18. The number of rotatable bonds is 2. The lowest BCUT2D eigenvalue weighted by atomic mass is 9.66. The lowest BCUT2D eigenvalue weighted by molar-refractivity contribution is 0.420. The Hall–Kier alpha value is 0.242. The summed E-state index contributed by atoms with van der Waals surface area (Å²) in [6, 6.07) is 0. The smallest absolute Gasteiger partial charge is 0.293 e. The van der Waals surface area contributed by atoms with E-state index in [1.165, 1.54) is 19.2 Å². The third-order valence-electron chi connectivity index (χ3n) is 2.87. The van der Waals surface area contributed by atoms with Gasteiger partial charge in [0.15, 0.2) is 0 Å². The van der Waals surface area contributed by atoms with Gasteiger partial charge < -0.3 is 4.65 Å². The van der Waals surface area contributed by atoms with Gasteiger partial charge in [0.05, 0.1) is 0 Å². The molecule has 1 saturated heterocycles. The summed E-state index contributed by atoms with van der Waals surface area (Å²) in [7, 11) is 0.931. The Morgan fingerprint density at radius 3 is 2.36 bits per heavy atom. The number of hydrogen-bond acceptors (Lipinski definition) is 1. The van der Waals surface area contributed by atoms with Crippen LogP contribution < -0.4 is 0 Å². The second-order valence-electron chi connectivity index (χ2n) is 4.68. The molecule has 0 unspecified atom stereocenters. The summed E-state index contributed by atoms with van der Waals surface area (Å²) in [5.41, 5.74) is 0.910. The maximum atomic E-state index is 5.48. The molecule has 0 spiro atoms. The Kier molecular flexibility index (Phi) is 2.81. The van der Waals surface area contributed by atoms with E-state index in [9.17, 15) is 0 Å². The Labute approximate surface area is 71.6 Å². The second-order valence-corrected chi connectivity index (χ2v) is 10.2. The van der Waals surface area contributed by atoms with Crippen LogP contribution in [-0.4, -0.2) is 22.1 Å². The first-order chi connectivity index (χ1) is 5.05. The van der Waals surface area contributed by atoms with Crippen molar-refractivity contribution < 1.29 is 4.65 Å². The van der Waals surface area contributed by atoms with Crippen LogP contribution in [0, 0.1) is 0 Å². The van der Waals surface area contributed by atoms with Crippen molar-refractivity contribution in [1.82, 2.24) is 0 Å². The summed E-state index contributed by atoms with van der Waals surface area (Å²) >= 11 is 0. The fourth-order valence-electron chi connectivity index (χ4n) is 2.20. The molecule has 11 heavy (non-hydrogen) atoms. The Morgan fingerprint density at radius 2 is 2.00 bits per heavy atom. The van der Waals surface area contributed by atoms with E-state index < -0.39 is 8.07 Å². The molecule has 0 aromatic heterocycles. The average Bonchev–Trinajstić information content (AvgIpc) is 2.31. The van der Waals surface area contributed by atoms with Gasteiger partial charge in [-0.1, -0.05) is 32.5 Å². The zero-order valence-electron chi connectivity index (χ0n) is 8.18. The molecule has 1 aliphatic heterocycles. The van der Waals surface area contributed by atoms with E-state index >= 15 is 0 Å². The molecule has 1 nitrogen and oxygen atoms in total. The van der Waals surface area contributed by atoms with Crippen molar-refractivity contribution in [3.63, 3.8) is 0 Å². The maximum absolute atomic E-state index is 5.48. The highest BCUT2D eigenvalue weighted by Crippen LogP contribution is 2.38. The lowest BCUT2D eigenvalue weighted by Crippen LogP contribution is -2.36. The van der Waals surface area contributed by atoms with Crippen molar-refractivity contribution in [2.24, 2.45) is 0 Å². The fourth-order valence-corrected chi connectivity index (χ4v) is 4.69. The van der Waals surface area contributed by atoms with Crippen LogP contribution in [-0.2, 0) is 4.65 Å². The van der Waals surface area contributed by atoms with Crippen LogP contribution in [0.1, 0.15) is 12.8 Å². The van der Waals surface area contributed by atoms with Crippen molar-refractivity contribution in [2.45, 2.75) is 44.2 Å². The molecule has 0 aromatic rings. The predicted molar refractivity (Wildman–Crippen MR) is 53.9 cm³/mol. The molecule has 0 aromatic carbocycles. The van der Waals surface area contributed by atoms with Gasteiger partial charge in [-0.2, -0.15) is 0 Å². The van der Waals surface area contributed by atoms with E-state index in [-0.39, 0.29) is 0 Å².